The molecule has 8 nitrogen and oxygen atoms in total. The highest BCUT2D eigenvalue weighted by atomic mass is 19.1. The van der Waals surface area contributed by atoms with Crippen molar-refractivity contribution in [3.8, 4) is 0 Å². The second kappa shape index (κ2) is 7.33. The minimum atomic E-state index is -0.533. The summed E-state index contributed by atoms with van der Waals surface area (Å²) in [5, 5.41) is 7.64. The molecule has 2 aliphatic heterocycles. The zero-order valence-electron chi connectivity index (χ0n) is 17.5. The maximum absolute atomic E-state index is 13.1. The Kier molecular flexibility index (Phi) is 4.60. The summed E-state index contributed by atoms with van der Waals surface area (Å²) in [6.45, 7) is 3.90. The molecule has 1 atom stereocenters. The first-order valence-electron chi connectivity index (χ1n) is 10.4. The summed E-state index contributed by atoms with van der Waals surface area (Å²) >= 11 is 0. The molecule has 2 aliphatic rings. The lowest BCUT2D eigenvalue weighted by Gasteiger charge is -2.43. The number of halogens is 1. The number of nitrogens with one attached hydrogen (secondary N) is 1. The van der Waals surface area contributed by atoms with Crippen LogP contribution in [0.3, 0.4) is 0 Å². The molecule has 1 amide bonds. The monoisotopic (exact) mass is 421 g/mol. The van der Waals surface area contributed by atoms with Crippen LogP contribution in [-0.2, 0) is 17.9 Å². The van der Waals surface area contributed by atoms with Gasteiger partial charge < -0.3 is 15.1 Å². The topological polar surface area (TPSA) is 79.2 Å². The van der Waals surface area contributed by atoms with Gasteiger partial charge in [0, 0.05) is 31.9 Å². The average Bonchev–Trinajstić information content (AvgIpc) is 3.39. The van der Waals surface area contributed by atoms with Crippen LogP contribution in [0.1, 0.15) is 30.9 Å². The number of anilines is 3. The Labute approximate surface area is 179 Å². The number of hydrogen-bond donors (Lipinski definition) is 1. The highest BCUT2D eigenvalue weighted by Gasteiger charge is 2.50. The van der Waals surface area contributed by atoms with E-state index in [2.05, 4.69) is 20.3 Å². The van der Waals surface area contributed by atoms with E-state index >= 15 is 0 Å². The fourth-order valence-corrected chi connectivity index (χ4v) is 4.42. The molecule has 0 unspecified atom stereocenters. The number of rotatable bonds is 5. The van der Waals surface area contributed by atoms with Gasteiger partial charge in [-0.2, -0.15) is 10.1 Å². The van der Waals surface area contributed by atoms with E-state index < -0.39 is 5.54 Å². The molecule has 0 bridgehead atoms. The molecular weight excluding hydrogens is 397 g/mol. The third kappa shape index (κ3) is 3.39. The van der Waals surface area contributed by atoms with Crippen molar-refractivity contribution in [3.05, 3.63) is 59.8 Å². The first-order valence-corrected chi connectivity index (χ1v) is 10.4. The van der Waals surface area contributed by atoms with Crippen LogP contribution in [-0.4, -0.2) is 44.8 Å². The number of hydrogen-bond acceptors (Lipinski definition) is 6. The first-order chi connectivity index (χ1) is 14.9. The van der Waals surface area contributed by atoms with Gasteiger partial charge in [-0.05, 0) is 37.5 Å². The van der Waals surface area contributed by atoms with E-state index in [1.807, 2.05) is 17.8 Å². The van der Waals surface area contributed by atoms with Gasteiger partial charge in [-0.3, -0.25) is 9.48 Å². The Balaban J connectivity index is 1.29. The Hall–Kier alpha value is -3.49. The number of aromatic nitrogens is 4. The van der Waals surface area contributed by atoms with Gasteiger partial charge in [0.1, 0.15) is 17.0 Å². The van der Waals surface area contributed by atoms with Crippen LogP contribution in [0.4, 0.5) is 21.8 Å². The standard InChI is InChI=1S/C22H24FN7O/c1-22-8-3-9-30(22)19-18(28(2)20(22)31)12-25-21(27-19)24-10-16-11-26-29(14-16)13-15-4-6-17(23)7-5-15/h4-7,11-12,14H,3,8-10,13H2,1-2H3,(H,24,25,27)/t22-/m1/s1. The fourth-order valence-electron chi connectivity index (χ4n) is 4.42. The van der Waals surface area contributed by atoms with Gasteiger partial charge in [-0.25, -0.2) is 9.37 Å². The van der Waals surface area contributed by atoms with Crippen molar-refractivity contribution in [2.45, 2.75) is 38.4 Å². The second-order valence-electron chi connectivity index (χ2n) is 8.32. The smallest absolute Gasteiger partial charge is 0.252 e. The zero-order valence-corrected chi connectivity index (χ0v) is 17.5. The SMILES string of the molecule is CN1C(=O)[C@@]2(C)CCCN2c2nc(NCc3cnn(Cc4ccc(F)cc4)c3)ncc21. The predicted octanol–water partition coefficient (Wildman–Crippen LogP) is 2.81. The summed E-state index contributed by atoms with van der Waals surface area (Å²) in [7, 11) is 1.79. The number of nitrogens with zero attached hydrogens (tertiary/aromatic N) is 6. The lowest BCUT2D eigenvalue weighted by molar-refractivity contribution is -0.123. The maximum Gasteiger partial charge on any atom is 0.252 e. The van der Waals surface area contributed by atoms with Crippen LogP contribution in [0.15, 0.2) is 42.9 Å². The summed E-state index contributed by atoms with van der Waals surface area (Å²) in [5.41, 5.74) is 2.17. The molecule has 0 saturated carbocycles. The minimum absolute atomic E-state index is 0.0929. The average molecular weight is 421 g/mol. The van der Waals surface area contributed by atoms with Gasteiger partial charge in [0.15, 0.2) is 5.82 Å². The van der Waals surface area contributed by atoms with Crippen LogP contribution in [0.25, 0.3) is 0 Å². The summed E-state index contributed by atoms with van der Waals surface area (Å²) < 4.78 is 14.9. The molecule has 9 heteroatoms. The number of carbonyl (C=O) groups excluding carboxylic acids is 1. The third-order valence-electron chi connectivity index (χ3n) is 6.17. The second-order valence-corrected chi connectivity index (χ2v) is 8.32. The van der Waals surface area contributed by atoms with Crippen molar-refractivity contribution in [3.63, 3.8) is 0 Å². The van der Waals surface area contributed by atoms with Crippen LogP contribution < -0.4 is 15.1 Å². The van der Waals surface area contributed by atoms with E-state index in [4.69, 9.17) is 4.98 Å². The largest absolute Gasteiger partial charge is 0.350 e. The molecule has 2 aromatic heterocycles. The Morgan fingerprint density at radius 3 is 2.81 bits per heavy atom. The number of amides is 1. The molecule has 0 spiro atoms. The van der Waals surface area contributed by atoms with Gasteiger partial charge in [-0.1, -0.05) is 12.1 Å². The van der Waals surface area contributed by atoms with Crippen LogP contribution >= 0.6 is 0 Å². The molecule has 1 aromatic carbocycles. The van der Waals surface area contributed by atoms with E-state index in [-0.39, 0.29) is 11.7 Å². The van der Waals surface area contributed by atoms with E-state index in [0.29, 0.717) is 19.0 Å². The molecule has 160 valence electrons. The maximum atomic E-state index is 13.1. The molecule has 4 heterocycles. The van der Waals surface area contributed by atoms with Crippen LogP contribution in [0.2, 0.25) is 0 Å². The molecular formula is C22H24FN7O. The zero-order chi connectivity index (χ0) is 21.6. The predicted molar refractivity (Wildman–Crippen MR) is 115 cm³/mol. The third-order valence-corrected chi connectivity index (χ3v) is 6.17. The summed E-state index contributed by atoms with van der Waals surface area (Å²) in [6.07, 6.45) is 7.24. The highest BCUT2D eigenvalue weighted by Crippen LogP contribution is 2.43. The highest BCUT2D eigenvalue weighted by molar-refractivity contribution is 6.07. The van der Waals surface area contributed by atoms with Crippen molar-refractivity contribution in [1.29, 1.82) is 0 Å². The summed E-state index contributed by atoms with van der Waals surface area (Å²) in [5.74, 6) is 1.16. The lowest BCUT2D eigenvalue weighted by atomic mass is 9.94. The molecule has 0 radical (unpaired) electrons. The molecule has 1 fully saturated rings. The summed E-state index contributed by atoms with van der Waals surface area (Å²) in [6, 6.07) is 6.41. The van der Waals surface area contributed by atoms with E-state index in [0.717, 1.165) is 42.0 Å². The van der Waals surface area contributed by atoms with Crippen molar-refractivity contribution in [1.82, 2.24) is 19.7 Å². The number of carbonyl (C=O) groups is 1. The molecule has 1 saturated heterocycles. The fraction of sp³-hybridized carbons (Fsp3) is 0.364. The van der Waals surface area contributed by atoms with Gasteiger partial charge in [0.05, 0.1) is 18.9 Å². The van der Waals surface area contributed by atoms with Gasteiger partial charge in [0.2, 0.25) is 5.95 Å². The van der Waals surface area contributed by atoms with E-state index in [1.54, 1.807) is 36.5 Å². The Morgan fingerprint density at radius 2 is 2.00 bits per heavy atom. The van der Waals surface area contributed by atoms with Crippen molar-refractivity contribution in [2.75, 3.05) is 28.7 Å². The first kappa shape index (κ1) is 19.5. The number of likely N-dealkylation sites (N-methyl/N-ethyl adjacent to an activating group) is 1. The van der Waals surface area contributed by atoms with Gasteiger partial charge in [0.25, 0.3) is 5.91 Å². The quantitative estimate of drug-likeness (QED) is 0.683. The van der Waals surface area contributed by atoms with Crippen LogP contribution in [0.5, 0.6) is 0 Å². The van der Waals surface area contributed by atoms with E-state index in [1.165, 1.54) is 12.1 Å². The molecule has 3 aromatic rings. The summed E-state index contributed by atoms with van der Waals surface area (Å²) in [4.78, 5) is 25.7. The number of fused-ring (bicyclic) bond motifs is 3. The molecule has 5 rings (SSSR count). The normalized spacial score (nSPS) is 20.0. The molecule has 31 heavy (non-hydrogen) atoms. The van der Waals surface area contributed by atoms with Crippen molar-refractivity contribution in [2.24, 2.45) is 0 Å². The minimum Gasteiger partial charge on any atom is -0.350 e. The Morgan fingerprint density at radius 1 is 1.19 bits per heavy atom. The lowest BCUT2D eigenvalue weighted by Crippen LogP contribution is -2.58. The van der Waals surface area contributed by atoms with Gasteiger partial charge in [-0.15, -0.1) is 0 Å². The van der Waals surface area contributed by atoms with Crippen molar-refractivity contribution < 1.29 is 9.18 Å². The van der Waals surface area contributed by atoms with E-state index in [9.17, 15) is 9.18 Å². The molecule has 1 N–H and O–H groups in total. The van der Waals surface area contributed by atoms with Crippen molar-refractivity contribution >= 4 is 23.4 Å². The number of benzene rings is 1. The van der Waals surface area contributed by atoms with Gasteiger partial charge >= 0.3 is 0 Å². The molecule has 0 aliphatic carbocycles. The van der Waals surface area contributed by atoms with Crippen LogP contribution in [0, 0.1) is 5.82 Å². The Bertz CT molecular complexity index is 1130.